The van der Waals surface area contributed by atoms with Gasteiger partial charge in [-0.15, -0.1) is 0 Å². The van der Waals surface area contributed by atoms with Crippen LogP contribution in [0.4, 0.5) is 9.18 Å². The van der Waals surface area contributed by atoms with Crippen LogP contribution in [0.3, 0.4) is 0 Å². The average molecular weight is 452 g/mol. The van der Waals surface area contributed by atoms with Gasteiger partial charge in [0.05, 0.1) is 19.2 Å². The minimum Gasteiger partial charge on any atom is -0.497 e. The van der Waals surface area contributed by atoms with Crippen LogP contribution in [0, 0.1) is 5.82 Å². The molecule has 1 unspecified atom stereocenters. The topological polar surface area (TPSA) is 92.7 Å². The molecule has 1 fully saturated rings. The Morgan fingerprint density at radius 3 is 2.70 bits per heavy atom. The van der Waals surface area contributed by atoms with Crippen LogP contribution in [0.5, 0.6) is 5.75 Å². The fourth-order valence-electron chi connectivity index (χ4n) is 3.87. The second kappa shape index (κ2) is 9.72. The van der Waals surface area contributed by atoms with Gasteiger partial charge in [0.15, 0.2) is 0 Å². The van der Waals surface area contributed by atoms with E-state index in [0.29, 0.717) is 18.8 Å². The number of imide groups is 1. The lowest BCUT2D eigenvalue weighted by Crippen LogP contribution is -2.33. The number of fused-ring (bicyclic) bond motifs is 1. The molecule has 0 aliphatic carbocycles. The zero-order chi connectivity index (χ0) is 23.4. The maximum atomic E-state index is 13.5. The monoisotopic (exact) mass is 452 g/mol. The van der Waals surface area contributed by atoms with E-state index >= 15 is 0 Å². The van der Waals surface area contributed by atoms with Crippen molar-refractivity contribution < 1.29 is 23.5 Å². The van der Waals surface area contributed by atoms with Crippen LogP contribution in [0.2, 0.25) is 0 Å². The van der Waals surface area contributed by atoms with Gasteiger partial charge in [0.25, 0.3) is 5.91 Å². The zero-order valence-corrected chi connectivity index (χ0v) is 18.2. The van der Waals surface area contributed by atoms with Crippen molar-refractivity contribution in [2.24, 2.45) is 0 Å². The molecule has 0 radical (unpaired) electrons. The van der Waals surface area contributed by atoms with Crippen LogP contribution < -0.4 is 15.4 Å². The highest BCUT2D eigenvalue weighted by atomic mass is 19.1. The van der Waals surface area contributed by atoms with Crippen molar-refractivity contribution in [3.8, 4) is 5.75 Å². The van der Waals surface area contributed by atoms with E-state index in [4.69, 9.17) is 4.74 Å². The van der Waals surface area contributed by atoms with Crippen LogP contribution >= 0.6 is 0 Å². The Morgan fingerprint density at radius 2 is 1.94 bits per heavy atom. The largest absolute Gasteiger partial charge is 0.497 e. The molecule has 2 aromatic carbocycles. The van der Waals surface area contributed by atoms with Gasteiger partial charge < -0.3 is 19.9 Å². The smallest absolute Gasteiger partial charge is 0.325 e. The van der Waals surface area contributed by atoms with Gasteiger partial charge in [-0.3, -0.25) is 14.5 Å². The Labute approximate surface area is 190 Å². The summed E-state index contributed by atoms with van der Waals surface area (Å²) in [5.74, 6) is -0.175. The van der Waals surface area contributed by atoms with Crippen LogP contribution in [0.25, 0.3) is 10.9 Å². The normalized spacial score (nSPS) is 15.7. The molecule has 1 saturated heterocycles. The molecular formula is C24H25FN4O4. The number of halogens is 1. The number of hydrogen-bond acceptors (Lipinski definition) is 4. The first-order valence-electron chi connectivity index (χ1n) is 10.7. The first-order chi connectivity index (χ1) is 15.9. The SMILES string of the molecule is COc1ccc(CN2C(=O)NC(CCC(=O)NCCn3ccc4ccc(F)cc43)C2=O)cc1. The fourth-order valence-corrected chi connectivity index (χ4v) is 3.87. The van der Waals surface area contributed by atoms with Gasteiger partial charge in [-0.2, -0.15) is 0 Å². The molecule has 33 heavy (non-hydrogen) atoms. The van der Waals surface area contributed by atoms with E-state index in [1.165, 1.54) is 12.1 Å². The molecule has 1 aliphatic heterocycles. The molecule has 172 valence electrons. The van der Waals surface area contributed by atoms with Gasteiger partial charge in [0.2, 0.25) is 5.91 Å². The highest BCUT2D eigenvalue weighted by Crippen LogP contribution is 2.18. The molecule has 1 aromatic heterocycles. The Balaban J connectivity index is 1.23. The van der Waals surface area contributed by atoms with Crippen LogP contribution in [0.1, 0.15) is 18.4 Å². The van der Waals surface area contributed by atoms with Crippen LogP contribution in [0.15, 0.2) is 54.7 Å². The number of ether oxygens (including phenoxy) is 1. The molecule has 0 spiro atoms. The number of amides is 4. The Kier molecular flexibility index (Phi) is 6.58. The lowest BCUT2D eigenvalue weighted by molar-refractivity contribution is -0.128. The van der Waals surface area contributed by atoms with Gasteiger partial charge in [-0.1, -0.05) is 12.1 Å². The maximum Gasteiger partial charge on any atom is 0.325 e. The first kappa shape index (κ1) is 22.3. The highest BCUT2D eigenvalue weighted by Gasteiger charge is 2.37. The Morgan fingerprint density at radius 1 is 1.15 bits per heavy atom. The summed E-state index contributed by atoms with van der Waals surface area (Å²) >= 11 is 0. The van der Waals surface area contributed by atoms with E-state index in [1.807, 2.05) is 16.8 Å². The third-order valence-corrected chi connectivity index (χ3v) is 5.68. The van der Waals surface area contributed by atoms with Crippen molar-refractivity contribution in [1.29, 1.82) is 0 Å². The summed E-state index contributed by atoms with van der Waals surface area (Å²) in [5.41, 5.74) is 1.57. The van der Waals surface area contributed by atoms with Gasteiger partial charge in [-0.25, -0.2) is 9.18 Å². The van der Waals surface area contributed by atoms with Gasteiger partial charge in [0.1, 0.15) is 17.6 Å². The van der Waals surface area contributed by atoms with Gasteiger partial charge >= 0.3 is 6.03 Å². The number of nitrogens with zero attached hydrogens (tertiary/aromatic N) is 2. The van der Waals surface area contributed by atoms with Gasteiger partial charge in [0, 0.05) is 25.7 Å². The molecule has 9 heteroatoms. The summed E-state index contributed by atoms with van der Waals surface area (Å²) in [6.07, 6.45) is 2.17. The molecule has 0 bridgehead atoms. The number of rotatable bonds is 9. The third kappa shape index (κ3) is 5.14. The zero-order valence-electron chi connectivity index (χ0n) is 18.2. The van der Waals surface area contributed by atoms with Gasteiger partial charge in [-0.05, 0) is 53.8 Å². The quantitative estimate of drug-likeness (QED) is 0.489. The molecule has 4 amide bonds. The van der Waals surface area contributed by atoms with Crippen LogP contribution in [-0.2, 0) is 22.7 Å². The minimum absolute atomic E-state index is 0.105. The summed E-state index contributed by atoms with van der Waals surface area (Å²) < 4.78 is 20.5. The number of nitrogens with one attached hydrogen (secondary N) is 2. The Bertz CT molecular complexity index is 1170. The highest BCUT2D eigenvalue weighted by molar-refractivity contribution is 6.04. The van der Waals surface area contributed by atoms with Crippen molar-refractivity contribution in [2.45, 2.75) is 32.0 Å². The number of hydrogen-bond donors (Lipinski definition) is 2. The molecule has 3 aromatic rings. The number of methoxy groups -OCH3 is 1. The lowest BCUT2D eigenvalue weighted by atomic mass is 10.1. The molecule has 8 nitrogen and oxygen atoms in total. The van der Waals surface area contributed by atoms with E-state index in [2.05, 4.69) is 10.6 Å². The first-order valence-corrected chi connectivity index (χ1v) is 10.7. The number of benzene rings is 2. The van der Waals surface area contributed by atoms with Crippen molar-refractivity contribution in [3.63, 3.8) is 0 Å². The maximum absolute atomic E-state index is 13.5. The molecule has 2 N–H and O–H groups in total. The Hall–Kier alpha value is -3.88. The second-order valence-corrected chi connectivity index (χ2v) is 7.88. The molecule has 1 atom stereocenters. The molecule has 1 aliphatic rings. The summed E-state index contributed by atoms with van der Waals surface area (Å²) in [5, 5.41) is 6.39. The summed E-state index contributed by atoms with van der Waals surface area (Å²) in [4.78, 5) is 38.3. The molecule has 0 saturated carbocycles. The van der Waals surface area contributed by atoms with Crippen molar-refractivity contribution in [1.82, 2.24) is 20.1 Å². The van der Waals surface area contributed by atoms with Crippen molar-refractivity contribution >= 4 is 28.7 Å². The van der Waals surface area contributed by atoms with Crippen LogP contribution in [-0.4, -0.2) is 47.0 Å². The number of urea groups is 1. The van der Waals surface area contributed by atoms with E-state index in [0.717, 1.165) is 21.4 Å². The third-order valence-electron chi connectivity index (χ3n) is 5.68. The number of carbonyl (C=O) groups is 3. The fraction of sp³-hybridized carbons (Fsp3) is 0.292. The van der Waals surface area contributed by atoms with E-state index in [9.17, 15) is 18.8 Å². The van der Waals surface area contributed by atoms with E-state index in [-0.39, 0.29) is 37.0 Å². The van der Waals surface area contributed by atoms with Crippen molar-refractivity contribution in [3.05, 3.63) is 66.1 Å². The molecule has 4 rings (SSSR count). The lowest BCUT2D eigenvalue weighted by Gasteiger charge is -2.13. The predicted molar refractivity (Wildman–Crippen MR) is 120 cm³/mol. The number of carbonyl (C=O) groups excluding carboxylic acids is 3. The van der Waals surface area contributed by atoms with E-state index in [1.54, 1.807) is 37.4 Å². The summed E-state index contributed by atoms with van der Waals surface area (Å²) in [7, 11) is 1.57. The second-order valence-electron chi connectivity index (χ2n) is 7.88. The standard InChI is InChI=1S/C24H25FN4O4/c1-33-19-6-2-16(3-7-19)15-29-23(31)20(27-24(29)32)8-9-22(30)26-11-13-28-12-10-17-4-5-18(25)14-21(17)28/h2-7,10,12,14,20H,8-9,11,13,15H2,1H3,(H,26,30)(H,27,32). The average Bonchev–Trinajstić information content (AvgIpc) is 3.33. The van der Waals surface area contributed by atoms with E-state index < -0.39 is 12.1 Å². The minimum atomic E-state index is -0.724. The molecular weight excluding hydrogens is 427 g/mol. The summed E-state index contributed by atoms with van der Waals surface area (Å²) in [6, 6.07) is 12.4. The summed E-state index contributed by atoms with van der Waals surface area (Å²) in [6.45, 7) is 1.02. The molecule has 2 heterocycles. The van der Waals surface area contributed by atoms with Crippen molar-refractivity contribution in [2.75, 3.05) is 13.7 Å². The predicted octanol–water partition coefficient (Wildman–Crippen LogP) is 2.81. The number of aromatic nitrogens is 1.